The van der Waals surface area contributed by atoms with Gasteiger partial charge in [0, 0.05) is 24.2 Å². The van der Waals surface area contributed by atoms with Crippen LogP contribution in [-0.4, -0.2) is 9.67 Å². The number of rotatable bonds is 1. The molecule has 1 aromatic carbocycles. The maximum atomic E-state index is 12.9. The smallest absolute Gasteiger partial charge is 0.189 e. The topological polar surface area (TPSA) is 42.2 Å². The number of benzene rings is 1. The average molecular weight is 207 g/mol. The second-order valence-corrected chi connectivity index (χ2v) is 3.38. The lowest BCUT2D eigenvalue weighted by Gasteiger charge is -2.09. The van der Waals surface area contributed by atoms with E-state index in [1.165, 1.54) is 24.3 Å². The van der Waals surface area contributed by atoms with Crippen molar-refractivity contribution in [2.75, 3.05) is 0 Å². The molecule has 4 heteroatoms. The van der Waals surface area contributed by atoms with E-state index in [1.807, 2.05) is 0 Å². The first-order chi connectivity index (χ1) is 7.13. The highest BCUT2D eigenvalue weighted by Crippen LogP contribution is 2.13. The zero-order valence-electron chi connectivity index (χ0n) is 8.20. The van der Waals surface area contributed by atoms with Crippen LogP contribution in [0.15, 0.2) is 29.1 Å². The highest BCUT2D eigenvalue weighted by molar-refractivity contribution is 5.79. The molecule has 0 saturated carbocycles. The van der Waals surface area contributed by atoms with Crippen LogP contribution in [0.1, 0.15) is 5.69 Å². The van der Waals surface area contributed by atoms with Gasteiger partial charge in [-0.25, -0.2) is 4.39 Å². The summed E-state index contributed by atoms with van der Waals surface area (Å²) in [5.74, 6) is -0.434. The van der Waals surface area contributed by atoms with Gasteiger partial charge in [-0.3, -0.25) is 4.79 Å². The maximum Gasteiger partial charge on any atom is 0.189 e. The molecule has 0 aliphatic rings. The van der Waals surface area contributed by atoms with Gasteiger partial charge in [-0.2, -0.15) is 0 Å². The zero-order valence-corrected chi connectivity index (χ0v) is 8.20. The van der Waals surface area contributed by atoms with Crippen LogP contribution < -0.4 is 5.43 Å². The summed E-state index contributed by atoms with van der Waals surface area (Å²) in [6.07, 6.45) is 0. The maximum absolute atomic E-state index is 12.9. The van der Waals surface area contributed by atoms with Gasteiger partial charge in [-0.15, -0.1) is 0 Å². The van der Waals surface area contributed by atoms with E-state index >= 15 is 0 Å². The number of fused-ring (bicyclic) bond motifs is 1. The summed E-state index contributed by atoms with van der Waals surface area (Å²) < 4.78 is 14.6. The average Bonchev–Trinajstić information content (AvgIpc) is 2.23. The predicted molar refractivity (Wildman–Crippen MR) is 55.1 cm³/mol. The summed E-state index contributed by atoms with van der Waals surface area (Å²) in [4.78, 5) is 11.6. The second kappa shape index (κ2) is 3.47. The molecule has 0 radical (unpaired) electrons. The molecule has 0 unspecified atom stereocenters. The van der Waals surface area contributed by atoms with Crippen LogP contribution in [0.3, 0.4) is 0 Å². The molecule has 0 spiro atoms. The molecule has 0 bridgehead atoms. The first-order valence-electron chi connectivity index (χ1n) is 4.52. The molecule has 0 atom stereocenters. The molecular weight excluding hydrogens is 197 g/mol. The van der Waals surface area contributed by atoms with Gasteiger partial charge >= 0.3 is 0 Å². The van der Waals surface area contributed by atoms with E-state index in [9.17, 15) is 9.18 Å². The van der Waals surface area contributed by atoms with E-state index in [2.05, 4.69) is 0 Å². The summed E-state index contributed by atoms with van der Waals surface area (Å²) >= 11 is 0. The van der Waals surface area contributed by atoms with Crippen molar-refractivity contribution < 1.29 is 9.50 Å². The van der Waals surface area contributed by atoms with Gasteiger partial charge < -0.3 is 9.67 Å². The first-order valence-corrected chi connectivity index (χ1v) is 4.52. The van der Waals surface area contributed by atoms with Crippen LogP contribution in [0, 0.1) is 5.82 Å². The Hall–Kier alpha value is -1.68. The van der Waals surface area contributed by atoms with Crippen molar-refractivity contribution in [2.45, 2.75) is 6.61 Å². The Bertz CT molecular complexity index is 575. The van der Waals surface area contributed by atoms with Crippen molar-refractivity contribution in [3.05, 3.63) is 46.0 Å². The Morgan fingerprint density at radius 3 is 2.80 bits per heavy atom. The van der Waals surface area contributed by atoms with Gasteiger partial charge in [0.2, 0.25) is 0 Å². The van der Waals surface area contributed by atoms with Crippen LogP contribution in [-0.2, 0) is 13.7 Å². The third-order valence-electron chi connectivity index (χ3n) is 2.48. The number of halogens is 1. The second-order valence-electron chi connectivity index (χ2n) is 3.38. The lowest BCUT2D eigenvalue weighted by Crippen LogP contribution is -2.11. The van der Waals surface area contributed by atoms with Crippen LogP contribution in [0.25, 0.3) is 10.9 Å². The van der Waals surface area contributed by atoms with Crippen LogP contribution in [0.4, 0.5) is 4.39 Å². The van der Waals surface area contributed by atoms with Gasteiger partial charge in [0.15, 0.2) is 5.43 Å². The number of pyridine rings is 1. The molecule has 3 nitrogen and oxygen atoms in total. The molecule has 0 saturated heterocycles. The van der Waals surface area contributed by atoms with Crippen molar-refractivity contribution in [3.63, 3.8) is 0 Å². The van der Waals surface area contributed by atoms with Crippen molar-refractivity contribution in [3.8, 4) is 0 Å². The number of hydrogen-bond acceptors (Lipinski definition) is 2. The van der Waals surface area contributed by atoms with E-state index in [0.29, 0.717) is 16.6 Å². The van der Waals surface area contributed by atoms with E-state index in [-0.39, 0.29) is 12.0 Å². The SMILES string of the molecule is Cn1c(CO)cc(=O)c2cc(F)ccc21. The Morgan fingerprint density at radius 1 is 1.40 bits per heavy atom. The summed E-state index contributed by atoms with van der Waals surface area (Å²) in [6, 6.07) is 5.36. The molecule has 1 aromatic heterocycles. The Kier molecular flexibility index (Phi) is 2.28. The number of hydrogen-bond donors (Lipinski definition) is 1. The summed E-state index contributed by atoms with van der Waals surface area (Å²) in [6.45, 7) is -0.209. The molecule has 1 heterocycles. The lowest BCUT2D eigenvalue weighted by molar-refractivity contribution is 0.272. The highest BCUT2D eigenvalue weighted by Gasteiger charge is 2.06. The normalized spacial score (nSPS) is 10.9. The number of aliphatic hydroxyl groups is 1. The molecule has 15 heavy (non-hydrogen) atoms. The van der Waals surface area contributed by atoms with Gasteiger partial charge in [-0.05, 0) is 18.2 Å². The Balaban J connectivity index is 2.93. The molecule has 0 amide bonds. The van der Waals surface area contributed by atoms with E-state index in [4.69, 9.17) is 5.11 Å². The Labute approximate surface area is 85.4 Å². The molecule has 78 valence electrons. The van der Waals surface area contributed by atoms with Gasteiger partial charge in [0.1, 0.15) is 5.82 Å². The monoisotopic (exact) mass is 207 g/mol. The minimum absolute atomic E-state index is 0.209. The summed E-state index contributed by atoms with van der Waals surface area (Å²) in [7, 11) is 1.73. The quantitative estimate of drug-likeness (QED) is 0.762. The fraction of sp³-hybridized carbons (Fsp3) is 0.182. The number of nitrogens with zero attached hydrogens (tertiary/aromatic N) is 1. The van der Waals surface area contributed by atoms with Crippen LogP contribution in [0.2, 0.25) is 0 Å². The number of aromatic nitrogens is 1. The largest absolute Gasteiger partial charge is 0.390 e. The van der Waals surface area contributed by atoms with Crippen LogP contribution in [0.5, 0.6) is 0 Å². The fourth-order valence-corrected chi connectivity index (χ4v) is 1.63. The lowest BCUT2D eigenvalue weighted by atomic mass is 10.2. The van der Waals surface area contributed by atoms with Crippen molar-refractivity contribution in [1.82, 2.24) is 4.57 Å². The van der Waals surface area contributed by atoms with Crippen LogP contribution >= 0.6 is 0 Å². The summed E-state index contributed by atoms with van der Waals surface area (Å²) in [5.41, 5.74) is 0.860. The molecular formula is C11H10FNO2. The first kappa shape index (κ1) is 9.86. The van der Waals surface area contributed by atoms with E-state index in [1.54, 1.807) is 11.6 Å². The van der Waals surface area contributed by atoms with Crippen molar-refractivity contribution in [1.29, 1.82) is 0 Å². The van der Waals surface area contributed by atoms with Gasteiger partial charge in [-0.1, -0.05) is 0 Å². The van der Waals surface area contributed by atoms with Crippen molar-refractivity contribution >= 4 is 10.9 Å². The van der Waals surface area contributed by atoms with Gasteiger partial charge in [0.05, 0.1) is 12.1 Å². The highest BCUT2D eigenvalue weighted by atomic mass is 19.1. The fourth-order valence-electron chi connectivity index (χ4n) is 1.63. The standard InChI is InChI=1S/C11H10FNO2/c1-13-8(6-14)5-11(15)9-4-7(12)2-3-10(9)13/h2-5,14H,6H2,1H3. The molecule has 1 N–H and O–H groups in total. The van der Waals surface area contributed by atoms with Crippen molar-refractivity contribution in [2.24, 2.45) is 7.05 Å². The predicted octanol–water partition coefficient (Wildman–Crippen LogP) is 1.17. The van der Waals surface area contributed by atoms with E-state index in [0.717, 1.165) is 0 Å². The third kappa shape index (κ3) is 1.53. The Morgan fingerprint density at radius 2 is 2.13 bits per heavy atom. The van der Waals surface area contributed by atoms with Gasteiger partial charge in [0.25, 0.3) is 0 Å². The molecule has 2 rings (SSSR count). The molecule has 0 fully saturated rings. The minimum Gasteiger partial charge on any atom is -0.390 e. The number of aliphatic hydroxyl groups excluding tert-OH is 1. The zero-order chi connectivity index (χ0) is 11.0. The molecule has 2 aromatic rings. The molecule has 0 aliphatic carbocycles. The molecule has 0 aliphatic heterocycles. The third-order valence-corrected chi connectivity index (χ3v) is 2.48. The van der Waals surface area contributed by atoms with E-state index < -0.39 is 5.82 Å². The minimum atomic E-state index is -0.434. The number of aryl methyl sites for hydroxylation is 1. The summed E-state index contributed by atoms with van der Waals surface area (Å²) in [5, 5.41) is 9.35.